The smallest absolute Gasteiger partial charge is 0.390 e. The summed E-state index contributed by atoms with van der Waals surface area (Å²) in [5.74, 6) is 0. The molecule has 0 radical (unpaired) electrons. The zero-order valence-corrected chi connectivity index (χ0v) is 17.6. The van der Waals surface area contributed by atoms with Gasteiger partial charge < -0.3 is 29.4 Å². The molecule has 0 amide bonds. The molecule has 16 nitrogen and oxygen atoms in total. The van der Waals surface area contributed by atoms with Crippen molar-refractivity contribution in [1.29, 1.82) is 5.41 Å². The number of hydrogen-bond donors (Lipinski definition) is 7. The van der Waals surface area contributed by atoms with E-state index in [2.05, 4.69) is 26.0 Å². The fourth-order valence-corrected chi connectivity index (χ4v) is 5.42. The van der Waals surface area contributed by atoms with Gasteiger partial charge >= 0.3 is 29.2 Å². The Hall–Kier alpha value is -0.640. The van der Waals surface area contributed by atoms with E-state index in [0.29, 0.717) is 3.97 Å². The summed E-state index contributed by atoms with van der Waals surface area (Å²) in [6, 6.07) is 1.23. The van der Waals surface area contributed by atoms with Gasteiger partial charge in [-0.3, -0.25) is 14.5 Å². The standard InChI is InChI=1S/C9H16N3O13P3S/c10-7-1-2-11(9(14)12(7)29)8-3-5(13)6(23-8)4-22-27(18,19)25-28(20,21)24-26(15,16)17/h1-2,5-6,8,10,13,29H,3-4H2,(H,18,19)(H,20,21)(H2,15,16,17)/t5-,6+,8+/m0/s1. The van der Waals surface area contributed by atoms with Gasteiger partial charge in [0.2, 0.25) is 0 Å². The number of nitrogens with zero attached hydrogens (tertiary/aromatic N) is 2. The first-order valence-electron chi connectivity index (χ1n) is 7.30. The highest BCUT2D eigenvalue weighted by molar-refractivity contribution is 7.78. The zero-order valence-electron chi connectivity index (χ0n) is 14.0. The van der Waals surface area contributed by atoms with Crippen molar-refractivity contribution in [2.24, 2.45) is 0 Å². The summed E-state index contributed by atoms with van der Waals surface area (Å²) in [5.41, 5.74) is -0.969. The average Bonchev–Trinajstić information content (AvgIpc) is 2.88. The van der Waals surface area contributed by atoms with Crippen LogP contribution in [0.4, 0.5) is 0 Å². The summed E-state index contributed by atoms with van der Waals surface area (Å²) >= 11 is 3.82. The summed E-state index contributed by atoms with van der Waals surface area (Å²) < 4.78 is 52.0. The molecule has 1 aliphatic heterocycles. The number of phosphoric acid groups is 3. The van der Waals surface area contributed by atoms with Crippen molar-refractivity contribution in [3.05, 3.63) is 28.2 Å². The second-order valence-electron chi connectivity index (χ2n) is 5.52. The van der Waals surface area contributed by atoms with Crippen molar-refractivity contribution in [2.75, 3.05) is 6.61 Å². The van der Waals surface area contributed by atoms with Crippen LogP contribution in [0.15, 0.2) is 17.1 Å². The highest BCUT2D eigenvalue weighted by atomic mass is 32.1. The molecule has 0 spiro atoms. The van der Waals surface area contributed by atoms with Gasteiger partial charge in [0, 0.05) is 12.6 Å². The molecule has 1 aliphatic rings. The Balaban J connectivity index is 2.03. The maximum absolute atomic E-state index is 12.1. The molecule has 6 N–H and O–H groups in total. The Bertz CT molecular complexity index is 1020. The Kier molecular flexibility index (Phi) is 7.51. The largest absolute Gasteiger partial charge is 0.490 e. The predicted molar refractivity (Wildman–Crippen MR) is 93.3 cm³/mol. The third-order valence-corrected chi connectivity index (χ3v) is 7.54. The monoisotopic (exact) mass is 499 g/mol. The molecule has 1 aromatic rings. The minimum Gasteiger partial charge on any atom is -0.390 e. The molecule has 1 saturated heterocycles. The molecule has 0 bridgehead atoms. The number of aliphatic hydroxyl groups excluding tert-OH is 1. The van der Waals surface area contributed by atoms with E-state index in [0.717, 1.165) is 4.57 Å². The molecule has 166 valence electrons. The lowest BCUT2D eigenvalue weighted by Gasteiger charge is -2.19. The van der Waals surface area contributed by atoms with Crippen LogP contribution in [-0.2, 0) is 31.6 Å². The van der Waals surface area contributed by atoms with Crippen LogP contribution < -0.4 is 11.2 Å². The minimum absolute atomic E-state index is 0.157. The van der Waals surface area contributed by atoms with E-state index in [9.17, 15) is 28.5 Å². The van der Waals surface area contributed by atoms with Crippen LogP contribution in [0, 0.1) is 5.41 Å². The molecule has 2 rings (SSSR count). The second kappa shape index (κ2) is 8.85. The number of phosphoric ester groups is 1. The van der Waals surface area contributed by atoms with Crippen molar-refractivity contribution in [3.8, 4) is 0 Å². The molecule has 0 aromatic carbocycles. The van der Waals surface area contributed by atoms with Crippen LogP contribution in [0.1, 0.15) is 12.6 Å². The number of aromatic nitrogens is 2. The van der Waals surface area contributed by atoms with Crippen LogP contribution in [0.3, 0.4) is 0 Å². The van der Waals surface area contributed by atoms with Crippen LogP contribution in [-0.4, -0.2) is 52.0 Å². The lowest BCUT2D eigenvalue weighted by molar-refractivity contribution is -0.0451. The first-order valence-corrected chi connectivity index (χ1v) is 12.2. The minimum atomic E-state index is -5.67. The number of hydrogen-bond acceptors (Lipinski definition) is 11. The van der Waals surface area contributed by atoms with Crippen molar-refractivity contribution < 1.29 is 56.3 Å². The SMILES string of the molecule is N=c1ccn([C@H]2C[C@H](O)[C@@H](COP(=O)(O)OP(=O)(O)OP(=O)(O)O)O2)c(=O)n1S. The molecular formula is C9H16N3O13P3S. The van der Waals surface area contributed by atoms with Gasteiger partial charge in [0.15, 0.2) is 0 Å². The van der Waals surface area contributed by atoms with Crippen LogP contribution in [0.2, 0.25) is 0 Å². The Morgan fingerprint density at radius 2 is 1.83 bits per heavy atom. The van der Waals surface area contributed by atoms with E-state index in [1.807, 2.05) is 0 Å². The second-order valence-corrected chi connectivity index (χ2v) is 10.3. The highest BCUT2D eigenvalue weighted by Gasteiger charge is 2.42. The topological polar surface area (TPSA) is 240 Å². The maximum Gasteiger partial charge on any atom is 0.490 e. The quantitative estimate of drug-likeness (QED) is 0.165. The Morgan fingerprint density at radius 3 is 2.41 bits per heavy atom. The molecule has 0 aliphatic carbocycles. The number of thiol groups is 1. The third kappa shape index (κ3) is 6.94. The van der Waals surface area contributed by atoms with Crippen molar-refractivity contribution in [3.63, 3.8) is 0 Å². The molecule has 2 unspecified atom stereocenters. The van der Waals surface area contributed by atoms with E-state index in [4.69, 9.17) is 24.8 Å². The van der Waals surface area contributed by atoms with E-state index in [1.165, 1.54) is 12.3 Å². The molecule has 5 atom stereocenters. The summed E-state index contributed by atoms with van der Waals surface area (Å²) in [7, 11) is -16.6. The molecule has 20 heteroatoms. The van der Waals surface area contributed by atoms with E-state index < -0.39 is 54.2 Å². The highest BCUT2D eigenvalue weighted by Crippen LogP contribution is 2.66. The van der Waals surface area contributed by atoms with E-state index >= 15 is 0 Å². The van der Waals surface area contributed by atoms with Gasteiger partial charge in [-0.2, -0.15) is 8.62 Å². The maximum atomic E-state index is 12.1. The normalized spacial score (nSPS) is 26.8. The molecule has 2 heterocycles. The van der Waals surface area contributed by atoms with Gasteiger partial charge in [0.05, 0.1) is 12.7 Å². The van der Waals surface area contributed by atoms with Crippen LogP contribution in [0.25, 0.3) is 0 Å². The van der Waals surface area contributed by atoms with Gasteiger partial charge in [-0.15, -0.1) is 0 Å². The fraction of sp³-hybridized carbons (Fsp3) is 0.556. The van der Waals surface area contributed by atoms with Gasteiger partial charge in [0.25, 0.3) is 0 Å². The van der Waals surface area contributed by atoms with E-state index in [1.54, 1.807) is 0 Å². The lowest BCUT2D eigenvalue weighted by atomic mass is 10.2. The predicted octanol–water partition coefficient (Wildman–Crippen LogP) is -1.19. The lowest BCUT2D eigenvalue weighted by Crippen LogP contribution is -2.36. The molecule has 29 heavy (non-hydrogen) atoms. The molecule has 1 aromatic heterocycles. The van der Waals surface area contributed by atoms with Crippen molar-refractivity contribution in [2.45, 2.75) is 24.9 Å². The molecular weight excluding hydrogens is 483 g/mol. The van der Waals surface area contributed by atoms with Gasteiger partial charge in [-0.25, -0.2) is 22.5 Å². The Morgan fingerprint density at radius 1 is 1.21 bits per heavy atom. The summed E-state index contributed by atoms with van der Waals surface area (Å²) in [5, 5.41) is 17.4. The van der Waals surface area contributed by atoms with E-state index in [-0.39, 0.29) is 11.9 Å². The summed E-state index contributed by atoms with van der Waals surface area (Å²) in [6.07, 6.45) is -2.59. The van der Waals surface area contributed by atoms with Crippen LogP contribution in [0.5, 0.6) is 0 Å². The Labute approximate surface area is 166 Å². The number of ether oxygens (including phenoxy) is 1. The van der Waals surface area contributed by atoms with Crippen LogP contribution >= 0.6 is 36.3 Å². The van der Waals surface area contributed by atoms with Gasteiger partial charge in [-0.05, 0) is 6.07 Å². The van der Waals surface area contributed by atoms with Crippen molar-refractivity contribution >= 4 is 36.3 Å². The zero-order chi connectivity index (χ0) is 22.2. The molecule has 1 fully saturated rings. The third-order valence-electron chi connectivity index (χ3n) is 3.36. The van der Waals surface area contributed by atoms with Crippen molar-refractivity contribution in [1.82, 2.24) is 8.54 Å². The average molecular weight is 499 g/mol. The summed E-state index contributed by atoms with van der Waals surface area (Å²) in [4.78, 5) is 47.4. The first-order chi connectivity index (χ1) is 13.1. The fourth-order valence-electron chi connectivity index (χ4n) is 2.22. The van der Waals surface area contributed by atoms with Gasteiger partial charge in [-0.1, -0.05) is 12.8 Å². The number of nitrogens with one attached hydrogen (secondary N) is 1. The first kappa shape index (κ1) is 24.6. The van der Waals surface area contributed by atoms with Gasteiger partial charge in [0.1, 0.15) is 17.8 Å². The number of aliphatic hydroxyl groups is 1. The number of rotatable bonds is 8. The molecule has 0 saturated carbocycles. The summed E-state index contributed by atoms with van der Waals surface area (Å²) in [6.45, 7) is -0.868.